The van der Waals surface area contributed by atoms with Crippen molar-refractivity contribution in [1.82, 2.24) is 19.4 Å². The fourth-order valence-electron chi connectivity index (χ4n) is 3.59. The molecule has 0 radical (unpaired) electrons. The molecule has 2 heterocycles. The van der Waals surface area contributed by atoms with Gasteiger partial charge in [0, 0.05) is 18.8 Å². The van der Waals surface area contributed by atoms with E-state index >= 15 is 0 Å². The van der Waals surface area contributed by atoms with Gasteiger partial charge in [-0.25, -0.2) is 4.98 Å². The SMILES string of the molecule is Cn1c(SCC(=O)NC2CCCCC2)nc2c(sc(=S)n2-c2ccccc2)c1=O. The zero-order chi connectivity index (χ0) is 20.4. The molecule has 3 aromatic rings. The number of nitrogens with one attached hydrogen (secondary N) is 1. The minimum Gasteiger partial charge on any atom is -0.353 e. The topological polar surface area (TPSA) is 68.9 Å². The number of amides is 1. The molecule has 29 heavy (non-hydrogen) atoms. The highest BCUT2D eigenvalue weighted by Crippen LogP contribution is 2.25. The third-order valence-corrected chi connectivity index (χ3v) is 7.47. The van der Waals surface area contributed by atoms with Crippen molar-refractivity contribution in [1.29, 1.82) is 0 Å². The maximum atomic E-state index is 12.9. The molecule has 0 bridgehead atoms. The van der Waals surface area contributed by atoms with Crippen molar-refractivity contribution in [2.45, 2.75) is 43.3 Å². The van der Waals surface area contributed by atoms with Gasteiger partial charge in [0.2, 0.25) is 5.91 Å². The highest BCUT2D eigenvalue weighted by Gasteiger charge is 2.19. The van der Waals surface area contributed by atoms with Crippen molar-refractivity contribution in [3.8, 4) is 5.69 Å². The van der Waals surface area contributed by atoms with E-state index in [1.165, 1.54) is 46.9 Å². The smallest absolute Gasteiger partial charge is 0.273 e. The lowest BCUT2D eigenvalue weighted by atomic mass is 9.95. The lowest BCUT2D eigenvalue weighted by Crippen LogP contribution is -2.37. The second-order valence-electron chi connectivity index (χ2n) is 7.14. The Kier molecular flexibility index (Phi) is 6.17. The van der Waals surface area contributed by atoms with Gasteiger partial charge >= 0.3 is 0 Å². The van der Waals surface area contributed by atoms with Gasteiger partial charge in [-0.3, -0.25) is 18.7 Å². The molecule has 1 aliphatic carbocycles. The van der Waals surface area contributed by atoms with Crippen LogP contribution in [0.4, 0.5) is 0 Å². The second-order valence-corrected chi connectivity index (χ2v) is 9.73. The fraction of sp³-hybridized carbons (Fsp3) is 0.400. The van der Waals surface area contributed by atoms with Crippen LogP contribution >= 0.6 is 35.3 Å². The summed E-state index contributed by atoms with van der Waals surface area (Å²) in [5.41, 5.74) is 1.27. The summed E-state index contributed by atoms with van der Waals surface area (Å²) in [6.45, 7) is 0. The average molecular weight is 447 g/mol. The minimum absolute atomic E-state index is 0.0125. The van der Waals surface area contributed by atoms with Gasteiger partial charge in [0.25, 0.3) is 5.56 Å². The standard InChI is InChI=1S/C20H22N4O2S3/c1-23-18(26)16-17(24(20(27)29-16)14-10-6-3-7-11-14)22-19(23)28-12-15(25)21-13-8-4-2-5-9-13/h3,6-7,10-11,13H,2,4-5,8-9,12H2,1H3,(H,21,25). The first kappa shape index (κ1) is 20.3. The second kappa shape index (κ2) is 8.81. The van der Waals surface area contributed by atoms with Crippen molar-refractivity contribution >= 4 is 51.6 Å². The van der Waals surface area contributed by atoms with Gasteiger partial charge in [-0.2, -0.15) is 0 Å². The lowest BCUT2D eigenvalue weighted by Gasteiger charge is -2.22. The molecule has 1 N–H and O–H groups in total. The van der Waals surface area contributed by atoms with Crippen molar-refractivity contribution in [3.63, 3.8) is 0 Å². The molecule has 1 fully saturated rings. The van der Waals surface area contributed by atoms with Crippen LogP contribution in [0.2, 0.25) is 0 Å². The molecule has 4 rings (SSSR count). The van der Waals surface area contributed by atoms with Crippen LogP contribution in [0.5, 0.6) is 0 Å². The molecule has 6 nitrogen and oxygen atoms in total. The monoisotopic (exact) mass is 446 g/mol. The van der Waals surface area contributed by atoms with Crippen LogP contribution in [-0.4, -0.2) is 31.8 Å². The maximum absolute atomic E-state index is 12.9. The van der Waals surface area contributed by atoms with E-state index in [-0.39, 0.29) is 23.3 Å². The molecule has 1 aliphatic rings. The largest absolute Gasteiger partial charge is 0.353 e. The molecule has 1 saturated carbocycles. The molecule has 0 aliphatic heterocycles. The summed E-state index contributed by atoms with van der Waals surface area (Å²) in [5, 5.41) is 3.62. The predicted molar refractivity (Wildman–Crippen MR) is 121 cm³/mol. The molecule has 0 unspecified atom stereocenters. The Morgan fingerprint density at radius 3 is 2.72 bits per heavy atom. The maximum Gasteiger partial charge on any atom is 0.273 e. The van der Waals surface area contributed by atoms with Crippen molar-refractivity contribution in [3.05, 3.63) is 44.6 Å². The molecule has 0 saturated heterocycles. The number of thiazole rings is 1. The van der Waals surface area contributed by atoms with E-state index in [0.717, 1.165) is 18.5 Å². The Labute approximate surface area is 182 Å². The summed E-state index contributed by atoms with van der Waals surface area (Å²) >= 11 is 8.05. The Balaban J connectivity index is 1.61. The summed E-state index contributed by atoms with van der Waals surface area (Å²) in [6.07, 6.45) is 5.69. The number of hydrogen-bond acceptors (Lipinski definition) is 6. The zero-order valence-electron chi connectivity index (χ0n) is 16.1. The van der Waals surface area contributed by atoms with Crippen LogP contribution in [0, 0.1) is 3.95 Å². The van der Waals surface area contributed by atoms with Crippen LogP contribution in [0.25, 0.3) is 16.0 Å². The van der Waals surface area contributed by atoms with E-state index in [2.05, 4.69) is 5.32 Å². The molecule has 1 amide bonds. The van der Waals surface area contributed by atoms with Gasteiger partial charge < -0.3 is 5.32 Å². The van der Waals surface area contributed by atoms with Crippen LogP contribution in [-0.2, 0) is 11.8 Å². The van der Waals surface area contributed by atoms with Crippen LogP contribution < -0.4 is 10.9 Å². The molecular formula is C20H22N4O2S3. The zero-order valence-corrected chi connectivity index (χ0v) is 18.5. The molecule has 9 heteroatoms. The summed E-state index contributed by atoms with van der Waals surface area (Å²) < 4.78 is 4.43. The first-order valence-corrected chi connectivity index (χ1v) is 11.9. The highest BCUT2D eigenvalue weighted by atomic mass is 32.2. The van der Waals surface area contributed by atoms with Crippen LogP contribution in [0.1, 0.15) is 32.1 Å². The molecule has 152 valence electrons. The average Bonchev–Trinajstić information content (AvgIpc) is 3.07. The third-order valence-electron chi connectivity index (χ3n) is 5.09. The van der Waals surface area contributed by atoms with E-state index in [9.17, 15) is 9.59 Å². The van der Waals surface area contributed by atoms with Gasteiger partial charge in [-0.15, -0.1) is 0 Å². The summed E-state index contributed by atoms with van der Waals surface area (Å²) in [6, 6.07) is 9.92. The normalized spacial score (nSPS) is 14.9. The Morgan fingerprint density at radius 2 is 2.00 bits per heavy atom. The molecule has 0 spiro atoms. The first-order valence-electron chi connectivity index (χ1n) is 9.65. The highest BCUT2D eigenvalue weighted by molar-refractivity contribution is 7.99. The van der Waals surface area contributed by atoms with Crippen molar-refractivity contribution in [2.75, 3.05) is 5.75 Å². The van der Waals surface area contributed by atoms with Crippen LogP contribution in [0.15, 0.2) is 40.3 Å². The van der Waals surface area contributed by atoms with Gasteiger partial charge in [-0.1, -0.05) is 60.6 Å². The van der Waals surface area contributed by atoms with Gasteiger partial charge in [0.1, 0.15) is 4.70 Å². The third kappa shape index (κ3) is 4.31. The Hall–Kier alpha value is -1.97. The lowest BCUT2D eigenvalue weighted by molar-refractivity contribution is -0.119. The number of para-hydroxylation sites is 1. The van der Waals surface area contributed by atoms with E-state index < -0.39 is 0 Å². The number of hydrogen-bond donors (Lipinski definition) is 1. The quantitative estimate of drug-likeness (QED) is 0.364. The van der Waals surface area contributed by atoms with E-state index in [4.69, 9.17) is 17.2 Å². The van der Waals surface area contributed by atoms with Gasteiger partial charge in [-0.05, 0) is 37.2 Å². The van der Waals surface area contributed by atoms with Gasteiger partial charge in [0.05, 0.1) is 5.75 Å². The number of nitrogens with zero attached hydrogens (tertiary/aromatic N) is 3. The van der Waals surface area contributed by atoms with Crippen molar-refractivity contribution < 1.29 is 4.79 Å². The van der Waals surface area contributed by atoms with E-state index in [1.54, 1.807) is 7.05 Å². The molecular weight excluding hydrogens is 424 g/mol. The molecule has 1 aromatic carbocycles. The number of fused-ring (bicyclic) bond motifs is 1. The number of rotatable bonds is 5. The number of carbonyl (C=O) groups excluding carboxylic acids is 1. The number of carbonyl (C=O) groups is 1. The molecule has 0 atom stereocenters. The predicted octanol–water partition coefficient (Wildman–Crippen LogP) is 4.06. The molecule has 2 aromatic heterocycles. The Morgan fingerprint density at radius 1 is 1.28 bits per heavy atom. The summed E-state index contributed by atoms with van der Waals surface area (Å²) in [7, 11) is 1.69. The van der Waals surface area contributed by atoms with E-state index in [0.29, 0.717) is 19.5 Å². The number of thioether (sulfide) groups is 1. The van der Waals surface area contributed by atoms with Gasteiger partial charge in [0.15, 0.2) is 14.8 Å². The summed E-state index contributed by atoms with van der Waals surface area (Å²) in [5.74, 6) is 0.222. The van der Waals surface area contributed by atoms with Crippen molar-refractivity contribution in [2.24, 2.45) is 7.05 Å². The van der Waals surface area contributed by atoms with E-state index in [1.807, 2.05) is 34.9 Å². The Bertz CT molecular complexity index is 1140. The summed E-state index contributed by atoms with van der Waals surface area (Å²) in [4.78, 5) is 29.9. The minimum atomic E-state index is -0.143. The van der Waals surface area contributed by atoms with Crippen LogP contribution in [0.3, 0.4) is 0 Å². The fourth-order valence-corrected chi connectivity index (χ4v) is 5.71. The number of aromatic nitrogens is 3. The number of benzene rings is 1. The first-order chi connectivity index (χ1) is 14.0.